The molecule has 240 valence electrons. The van der Waals surface area contributed by atoms with E-state index in [2.05, 4.69) is 22.9 Å². The van der Waals surface area contributed by atoms with E-state index in [0.29, 0.717) is 24.2 Å². The first-order chi connectivity index (χ1) is 20.6. The summed E-state index contributed by atoms with van der Waals surface area (Å²) in [5.74, 6) is -2.21. The maximum Gasteiger partial charge on any atom is 0.516 e. The van der Waals surface area contributed by atoms with Crippen LogP contribution in [0.4, 0.5) is 17.6 Å². The molecule has 0 spiro atoms. The van der Waals surface area contributed by atoms with E-state index < -0.39 is 38.1 Å². The highest BCUT2D eigenvalue weighted by molar-refractivity contribution is 7.90. The number of carbonyl (C=O) groups excluding carboxylic acids is 2. The van der Waals surface area contributed by atoms with Crippen LogP contribution in [0.2, 0.25) is 0 Å². The fourth-order valence-corrected chi connectivity index (χ4v) is 5.40. The number of nitrogens with zero attached hydrogens (tertiary/aromatic N) is 2. The van der Waals surface area contributed by atoms with Gasteiger partial charge in [-0.25, -0.2) is 9.11 Å². The van der Waals surface area contributed by atoms with Gasteiger partial charge in [-0.1, -0.05) is 51.1 Å². The van der Waals surface area contributed by atoms with Crippen LogP contribution in [-0.4, -0.2) is 47.1 Å². The van der Waals surface area contributed by atoms with Crippen molar-refractivity contribution in [3.05, 3.63) is 70.8 Å². The van der Waals surface area contributed by atoms with Crippen LogP contribution in [0.15, 0.2) is 42.5 Å². The fraction of sp³-hybridized carbons (Fsp3) is 0.414. The average Bonchev–Trinajstić information content (AvgIpc) is 3.27. The number of thiol groups is 1. The summed E-state index contributed by atoms with van der Waals surface area (Å²) >= 11 is 4.40. The Kier molecular flexibility index (Phi) is 11.5. The van der Waals surface area contributed by atoms with Crippen molar-refractivity contribution >= 4 is 34.5 Å². The zero-order valence-corrected chi connectivity index (χ0v) is 26.2. The van der Waals surface area contributed by atoms with Gasteiger partial charge in [0.15, 0.2) is 0 Å². The van der Waals surface area contributed by atoms with Crippen LogP contribution in [-0.2, 0) is 34.3 Å². The van der Waals surface area contributed by atoms with Crippen LogP contribution < -0.4 is 14.8 Å². The van der Waals surface area contributed by atoms with Crippen molar-refractivity contribution in [2.24, 2.45) is 5.92 Å². The Labute approximate surface area is 258 Å². The van der Waals surface area contributed by atoms with Gasteiger partial charge >= 0.3 is 15.5 Å². The van der Waals surface area contributed by atoms with E-state index >= 15 is 4.39 Å². The number of nitrogens with one attached hydrogen (secondary N) is 2. The minimum atomic E-state index is -5.95. The zero-order chi connectivity index (χ0) is 32.8. The van der Waals surface area contributed by atoms with E-state index in [0.717, 1.165) is 16.9 Å². The lowest BCUT2D eigenvalue weighted by molar-refractivity contribution is -0.121. The number of sulfonamides is 1. The highest BCUT2D eigenvalue weighted by Gasteiger charge is 2.47. The summed E-state index contributed by atoms with van der Waals surface area (Å²) in [6.07, 6.45) is 1.10. The van der Waals surface area contributed by atoms with E-state index in [1.165, 1.54) is 30.3 Å². The van der Waals surface area contributed by atoms with Crippen LogP contribution in [0.3, 0.4) is 0 Å². The highest BCUT2D eigenvalue weighted by Crippen LogP contribution is 2.29. The second-order valence-electron chi connectivity index (χ2n) is 10.3. The van der Waals surface area contributed by atoms with Crippen molar-refractivity contribution in [1.29, 1.82) is 0 Å². The molecule has 0 saturated carbocycles. The normalized spacial score (nSPS) is 12.7. The molecule has 0 aliphatic rings. The molecule has 9 nitrogen and oxygen atoms in total. The van der Waals surface area contributed by atoms with E-state index in [9.17, 15) is 31.2 Å². The van der Waals surface area contributed by atoms with Crippen LogP contribution in [0.1, 0.15) is 61.4 Å². The predicted molar refractivity (Wildman–Crippen MR) is 160 cm³/mol. The van der Waals surface area contributed by atoms with Gasteiger partial charge in [0, 0.05) is 11.1 Å². The molecule has 44 heavy (non-hydrogen) atoms. The van der Waals surface area contributed by atoms with Crippen molar-refractivity contribution in [3.63, 3.8) is 0 Å². The largest absolute Gasteiger partial charge is 0.516 e. The van der Waals surface area contributed by atoms with Gasteiger partial charge < -0.3 is 10.1 Å². The number of amides is 2. The average molecular weight is 659 g/mol. The summed E-state index contributed by atoms with van der Waals surface area (Å²) < 4.78 is 85.3. The van der Waals surface area contributed by atoms with Gasteiger partial charge in [-0.15, -0.1) is 0 Å². The van der Waals surface area contributed by atoms with Crippen LogP contribution >= 0.6 is 12.6 Å². The number of hydrogen-bond acceptors (Lipinski definition) is 7. The smallest absolute Gasteiger partial charge is 0.465 e. The minimum Gasteiger partial charge on any atom is -0.465 e. The molecule has 2 N–H and O–H groups in total. The third kappa shape index (κ3) is 8.31. The molecule has 1 heterocycles. The molecule has 0 radical (unpaired) electrons. The molecule has 3 rings (SSSR count). The summed E-state index contributed by atoms with van der Waals surface area (Å²) in [7, 11) is -5.95. The summed E-state index contributed by atoms with van der Waals surface area (Å²) in [6.45, 7) is 7.97. The van der Waals surface area contributed by atoms with Crippen molar-refractivity contribution in [2.45, 2.75) is 64.4 Å². The number of carbonyl (C=O) groups is 2. The van der Waals surface area contributed by atoms with Gasteiger partial charge in [0.1, 0.15) is 5.82 Å². The van der Waals surface area contributed by atoms with E-state index in [4.69, 9.17) is 4.74 Å². The first-order valence-corrected chi connectivity index (χ1v) is 15.8. The van der Waals surface area contributed by atoms with E-state index in [1.807, 2.05) is 20.8 Å². The molecule has 2 amide bonds. The SMILES string of the molecule is CCOc1nc(CC)c(CNC(=O)[C@@H](S)CC(C)C)n1Cc1ccc(-c2ccccc2C(=O)NS(=O)(=O)C(F)(F)F)cc1F. The number of halogens is 4. The highest BCUT2D eigenvalue weighted by atomic mass is 32.2. The summed E-state index contributed by atoms with van der Waals surface area (Å²) in [4.78, 5) is 29.7. The summed E-state index contributed by atoms with van der Waals surface area (Å²) in [6, 6.07) is 9.51. The zero-order valence-electron chi connectivity index (χ0n) is 24.5. The molecule has 0 saturated heterocycles. The third-order valence-corrected chi connectivity index (χ3v) is 8.06. The molecule has 0 fully saturated rings. The lowest BCUT2D eigenvalue weighted by atomic mass is 9.98. The number of hydrogen-bond donors (Lipinski definition) is 3. The standard InChI is InChI=1S/C29H34F4N4O5S2/c1-5-23-24(15-34-27(39)25(43)13-17(3)4)37(28(35-23)42-6-2)16-19-12-11-18(14-22(19)30)20-9-7-8-10-21(20)26(38)36-44(40,41)29(31,32)33/h7-12,14,17,25,43H,5-6,13,15-16H2,1-4H3,(H,34,39)(H,36,38)/t25-/m0/s1. The van der Waals surface area contributed by atoms with E-state index in [1.54, 1.807) is 11.5 Å². The van der Waals surface area contributed by atoms with Gasteiger partial charge in [0.25, 0.3) is 11.9 Å². The van der Waals surface area contributed by atoms with Gasteiger partial charge in [-0.2, -0.15) is 39.2 Å². The molecule has 1 atom stereocenters. The second-order valence-corrected chi connectivity index (χ2v) is 12.6. The van der Waals surface area contributed by atoms with Crippen LogP contribution in [0.5, 0.6) is 6.01 Å². The van der Waals surface area contributed by atoms with Crippen molar-refractivity contribution in [3.8, 4) is 17.1 Å². The molecule has 0 unspecified atom stereocenters. The number of benzene rings is 2. The molecule has 1 aromatic heterocycles. The number of alkyl halides is 3. The molecule has 0 aliphatic heterocycles. The van der Waals surface area contributed by atoms with Gasteiger partial charge in [-0.3, -0.25) is 14.2 Å². The lowest BCUT2D eigenvalue weighted by Gasteiger charge is -2.17. The van der Waals surface area contributed by atoms with Gasteiger partial charge in [-0.05, 0) is 48.9 Å². The lowest BCUT2D eigenvalue weighted by Crippen LogP contribution is -2.40. The second kappa shape index (κ2) is 14.5. The molecule has 2 aromatic carbocycles. The Morgan fingerprint density at radius 3 is 2.39 bits per heavy atom. The maximum atomic E-state index is 15.6. The third-order valence-electron chi connectivity index (χ3n) is 6.55. The Balaban J connectivity index is 1.94. The topological polar surface area (TPSA) is 119 Å². The molecule has 3 aromatic rings. The fourth-order valence-electron chi connectivity index (χ4n) is 4.42. The van der Waals surface area contributed by atoms with Crippen LogP contribution in [0.25, 0.3) is 11.1 Å². The number of ether oxygens (including phenoxy) is 1. The van der Waals surface area contributed by atoms with Gasteiger partial charge in [0.05, 0.1) is 36.3 Å². The molecular weight excluding hydrogens is 624 g/mol. The van der Waals surface area contributed by atoms with Crippen LogP contribution in [0, 0.1) is 11.7 Å². The number of imidazole rings is 1. The minimum absolute atomic E-state index is 0.0184. The number of aromatic nitrogens is 2. The summed E-state index contributed by atoms with van der Waals surface area (Å²) in [5.41, 5.74) is -4.48. The monoisotopic (exact) mass is 658 g/mol. The van der Waals surface area contributed by atoms with E-state index in [-0.39, 0.29) is 54.2 Å². The Morgan fingerprint density at radius 1 is 1.11 bits per heavy atom. The Bertz CT molecular complexity index is 1610. The van der Waals surface area contributed by atoms with Crippen molar-refractivity contribution < 1.29 is 40.3 Å². The number of rotatable bonds is 13. The molecule has 15 heteroatoms. The number of aryl methyl sites for hydroxylation is 1. The first kappa shape index (κ1) is 34.9. The molecular formula is C29H34F4N4O5S2. The Hall–Kier alpha value is -3.59. The van der Waals surface area contributed by atoms with Crippen molar-refractivity contribution in [2.75, 3.05) is 6.61 Å². The Morgan fingerprint density at radius 2 is 1.80 bits per heavy atom. The van der Waals surface area contributed by atoms with Crippen molar-refractivity contribution in [1.82, 2.24) is 19.6 Å². The predicted octanol–water partition coefficient (Wildman–Crippen LogP) is 5.24. The first-order valence-electron chi connectivity index (χ1n) is 13.8. The molecule has 0 aliphatic carbocycles. The summed E-state index contributed by atoms with van der Waals surface area (Å²) in [5, 5.41) is 2.36. The van der Waals surface area contributed by atoms with Gasteiger partial charge in [0.2, 0.25) is 5.91 Å². The maximum absolute atomic E-state index is 15.6. The molecule has 0 bridgehead atoms. The quantitative estimate of drug-likeness (QED) is 0.171.